The van der Waals surface area contributed by atoms with Crippen molar-refractivity contribution in [2.75, 3.05) is 14.2 Å². The molecular weight excluding hydrogens is 320 g/mol. The maximum Gasteiger partial charge on any atom is 0.283 e. The standard InChI is InChI=1S/C15H16N2O5S/c1-9-11(17(19)20)7-13(23-9)15(18)16-8-10-5-4-6-12(21-2)14(10)22-3/h4-7H,8H2,1-3H3,(H,16,18). The Hall–Kier alpha value is -2.61. The molecule has 7 nitrogen and oxygen atoms in total. The van der Waals surface area contributed by atoms with E-state index in [4.69, 9.17) is 9.47 Å². The van der Waals surface area contributed by atoms with E-state index in [0.717, 1.165) is 16.9 Å². The molecule has 0 fully saturated rings. The zero-order chi connectivity index (χ0) is 17.0. The summed E-state index contributed by atoms with van der Waals surface area (Å²) in [6.45, 7) is 1.84. The first kappa shape index (κ1) is 16.8. The van der Waals surface area contributed by atoms with Crippen molar-refractivity contribution in [3.8, 4) is 11.5 Å². The monoisotopic (exact) mass is 336 g/mol. The predicted octanol–water partition coefficient (Wildman–Crippen LogP) is 2.91. The fourth-order valence-electron chi connectivity index (χ4n) is 2.12. The molecule has 0 aliphatic carbocycles. The molecule has 0 atom stereocenters. The summed E-state index contributed by atoms with van der Waals surface area (Å²) >= 11 is 1.09. The number of methoxy groups -OCH3 is 2. The summed E-state index contributed by atoms with van der Waals surface area (Å²) < 4.78 is 10.5. The summed E-state index contributed by atoms with van der Waals surface area (Å²) in [5.74, 6) is 0.751. The van der Waals surface area contributed by atoms with Crippen molar-refractivity contribution >= 4 is 22.9 Å². The summed E-state index contributed by atoms with van der Waals surface area (Å²) in [7, 11) is 3.06. The lowest BCUT2D eigenvalue weighted by molar-refractivity contribution is -0.385. The predicted molar refractivity (Wildman–Crippen MR) is 86.4 cm³/mol. The second-order valence-corrected chi connectivity index (χ2v) is 5.90. The van der Waals surface area contributed by atoms with Crippen LogP contribution in [0.2, 0.25) is 0 Å². The van der Waals surface area contributed by atoms with Gasteiger partial charge < -0.3 is 14.8 Å². The minimum absolute atomic E-state index is 0.0425. The molecule has 1 N–H and O–H groups in total. The summed E-state index contributed by atoms with van der Waals surface area (Å²) in [6.07, 6.45) is 0. The molecule has 0 radical (unpaired) electrons. The molecular formula is C15H16N2O5S. The van der Waals surface area contributed by atoms with Gasteiger partial charge in [-0.15, -0.1) is 11.3 Å². The van der Waals surface area contributed by atoms with Crippen LogP contribution in [0.4, 0.5) is 5.69 Å². The molecule has 2 aromatic rings. The fourth-order valence-corrected chi connectivity index (χ4v) is 3.02. The maximum absolute atomic E-state index is 12.2. The van der Waals surface area contributed by atoms with Crippen LogP contribution in [-0.2, 0) is 6.54 Å². The van der Waals surface area contributed by atoms with Gasteiger partial charge in [-0.05, 0) is 13.0 Å². The molecule has 0 unspecified atom stereocenters. The Kier molecular flexibility index (Phi) is 5.17. The number of hydrogen-bond acceptors (Lipinski definition) is 6. The van der Waals surface area contributed by atoms with E-state index >= 15 is 0 Å². The number of thiophene rings is 1. The number of nitrogens with one attached hydrogen (secondary N) is 1. The molecule has 1 aromatic carbocycles. The number of rotatable bonds is 6. The number of hydrogen-bond donors (Lipinski definition) is 1. The van der Waals surface area contributed by atoms with Crippen molar-refractivity contribution in [2.24, 2.45) is 0 Å². The molecule has 2 rings (SSSR count). The molecule has 23 heavy (non-hydrogen) atoms. The summed E-state index contributed by atoms with van der Waals surface area (Å²) in [4.78, 5) is 23.3. The van der Waals surface area contributed by atoms with E-state index in [1.54, 1.807) is 19.1 Å². The van der Waals surface area contributed by atoms with E-state index in [2.05, 4.69) is 5.32 Å². The number of carbonyl (C=O) groups excluding carboxylic acids is 1. The van der Waals surface area contributed by atoms with Crippen LogP contribution in [-0.4, -0.2) is 25.1 Å². The Bertz CT molecular complexity index is 741. The summed E-state index contributed by atoms with van der Waals surface area (Å²) in [6, 6.07) is 6.65. The van der Waals surface area contributed by atoms with Gasteiger partial charge in [-0.25, -0.2) is 0 Å². The second-order valence-electron chi connectivity index (χ2n) is 4.64. The minimum Gasteiger partial charge on any atom is -0.493 e. The zero-order valence-electron chi connectivity index (χ0n) is 12.9. The number of ether oxygens (including phenoxy) is 2. The first-order chi connectivity index (χ1) is 11.0. The van der Waals surface area contributed by atoms with Crippen LogP contribution >= 0.6 is 11.3 Å². The summed E-state index contributed by atoms with van der Waals surface area (Å²) in [5.41, 5.74) is 0.710. The highest BCUT2D eigenvalue weighted by molar-refractivity contribution is 7.14. The SMILES string of the molecule is COc1cccc(CNC(=O)c2cc([N+](=O)[O-])c(C)s2)c1OC. The van der Waals surface area contributed by atoms with Crippen molar-refractivity contribution in [1.29, 1.82) is 0 Å². The van der Waals surface area contributed by atoms with Crippen molar-refractivity contribution in [3.63, 3.8) is 0 Å². The fraction of sp³-hybridized carbons (Fsp3) is 0.267. The normalized spacial score (nSPS) is 10.2. The van der Waals surface area contributed by atoms with Crippen LogP contribution in [0, 0.1) is 17.0 Å². The van der Waals surface area contributed by atoms with E-state index in [1.165, 1.54) is 20.3 Å². The minimum atomic E-state index is -0.492. The molecule has 1 aromatic heterocycles. The van der Waals surface area contributed by atoms with Crippen molar-refractivity contribution in [3.05, 3.63) is 49.7 Å². The van der Waals surface area contributed by atoms with E-state index in [9.17, 15) is 14.9 Å². The first-order valence-electron chi connectivity index (χ1n) is 6.70. The van der Waals surface area contributed by atoms with Gasteiger partial charge in [0.15, 0.2) is 11.5 Å². The van der Waals surface area contributed by atoms with E-state index in [1.807, 2.05) is 6.07 Å². The number of amides is 1. The lowest BCUT2D eigenvalue weighted by Gasteiger charge is -2.12. The second kappa shape index (κ2) is 7.10. The van der Waals surface area contributed by atoms with Gasteiger partial charge in [0.1, 0.15) is 0 Å². The van der Waals surface area contributed by atoms with Gasteiger partial charge in [-0.3, -0.25) is 14.9 Å². The van der Waals surface area contributed by atoms with Crippen LogP contribution in [0.3, 0.4) is 0 Å². The van der Waals surface area contributed by atoms with Crippen molar-refractivity contribution in [2.45, 2.75) is 13.5 Å². The molecule has 1 heterocycles. The lowest BCUT2D eigenvalue weighted by atomic mass is 10.2. The quantitative estimate of drug-likeness (QED) is 0.647. The summed E-state index contributed by atoms with van der Waals surface area (Å²) in [5, 5.41) is 13.6. The molecule has 0 aliphatic heterocycles. The molecule has 122 valence electrons. The van der Waals surface area contributed by atoms with Gasteiger partial charge in [-0.2, -0.15) is 0 Å². The molecule has 0 spiro atoms. The number of carbonyl (C=O) groups is 1. The Labute approximate surface area is 137 Å². The van der Waals surface area contributed by atoms with E-state index in [0.29, 0.717) is 21.3 Å². The molecule has 1 amide bonds. The first-order valence-corrected chi connectivity index (χ1v) is 7.52. The van der Waals surface area contributed by atoms with Gasteiger partial charge in [0.2, 0.25) is 0 Å². The maximum atomic E-state index is 12.2. The highest BCUT2D eigenvalue weighted by Crippen LogP contribution is 2.31. The highest BCUT2D eigenvalue weighted by atomic mass is 32.1. The molecule has 0 aliphatic rings. The molecule has 0 saturated carbocycles. The van der Waals surface area contributed by atoms with Crippen molar-refractivity contribution in [1.82, 2.24) is 5.32 Å². The third-order valence-electron chi connectivity index (χ3n) is 3.24. The number of benzene rings is 1. The average molecular weight is 336 g/mol. The third-order valence-corrected chi connectivity index (χ3v) is 4.27. The molecule has 0 bridgehead atoms. The molecule has 8 heteroatoms. The third kappa shape index (κ3) is 3.59. The van der Waals surface area contributed by atoms with Crippen LogP contribution in [0.15, 0.2) is 24.3 Å². The Morgan fingerprint density at radius 3 is 2.65 bits per heavy atom. The topological polar surface area (TPSA) is 90.7 Å². The van der Waals surface area contributed by atoms with Crippen LogP contribution < -0.4 is 14.8 Å². The number of para-hydroxylation sites is 1. The smallest absolute Gasteiger partial charge is 0.283 e. The van der Waals surface area contributed by atoms with Gasteiger partial charge in [-0.1, -0.05) is 12.1 Å². The number of nitro groups is 1. The van der Waals surface area contributed by atoms with E-state index in [-0.39, 0.29) is 18.1 Å². The Balaban J connectivity index is 2.13. The van der Waals surface area contributed by atoms with Crippen molar-refractivity contribution < 1.29 is 19.2 Å². The highest BCUT2D eigenvalue weighted by Gasteiger charge is 2.19. The van der Waals surface area contributed by atoms with Crippen LogP contribution in [0.5, 0.6) is 11.5 Å². The Morgan fingerprint density at radius 1 is 1.35 bits per heavy atom. The Morgan fingerprint density at radius 2 is 2.09 bits per heavy atom. The number of nitrogens with zero attached hydrogens (tertiary/aromatic N) is 1. The average Bonchev–Trinajstić information content (AvgIpc) is 2.94. The zero-order valence-corrected chi connectivity index (χ0v) is 13.7. The van der Waals surface area contributed by atoms with Crippen LogP contribution in [0.1, 0.15) is 20.1 Å². The van der Waals surface area contributed by atoms with Crippen LogP contribution in [0.25, 0.3) is 0 Å². The van der Waals surface area contributed by atoms with Gasteiger partial charge >= 0.3 is 0 Å². The van der Waals surface area contributed by atoms with Gasteiger partial charge in [0.25, 0.3) is 11.6 Å². The van der Waals surface area contributed by atoms with Gasteiger partial charge in [0.05, 0.1) is 28.9 Å². The van der Waals surface area contributed by atoms with E-state index < -0.39 is 4.92 Å². The lowest BCUT2D eigenvalue weighted by Crippen LogP contribution is -2.22. The largest absolute Gasteiger partial charge is 0.493 e. The number of aryl methyl sites for hydroxylation is 1. The molecule has 0 saturated heterocycles. The van der Waals surface area contributed by atoms with Gasteiger partial charge in [0, 0.05) is 18.2 Å².